The molecule has 94 valence electrons. The highest BCUT2D eigenvalue weighted by Gasteiger charge is 2.21. The van der Waals surface area contributed by atoms with Crippen LogP contribution in [0.25, 0.3) is 0 Å². The number of carbonyl (C=O) groups excluding carboxylic acids is 1. The third kappa shape index (κ3) is 5.56. The lowest BCUT2D eigenvalue weighted by molar-refractivity contribution is -0.124. The quantitative estimate of drug-likeness (QED) is 0.362. The van der Waals surface area contributed by atoms with Gasteiger partial charge in [-0.25, -0.2) is 0 Å². The Balaban J connectivity index is 4.28. The Bertz CT molecular complexity index is 246. The minimum absolute atomic E-state index is 0.120. The van der Waals surface area contributed by atoms with Gasteiger partial charge in [0.2, 0.25) is 5.91 Å². The van der Waals surface area contributed by atoms with Crippen LogP contribution in [0.5, 0.6) is 0 Å². The van der Waals surface area contributed by atoms with E-state index in [9.17, 15) is 9.90 Å². The van der Waals surface area contributed by atoms with Crippen molar-refractivity contribution < 1.29 is 9.90 Å². The summed E-state index contributed by atoms with van der Waals surface area (Å²) in [4.78, 5) is 11.6. The molecule has 0 rings (SSSR count). The molecule has 0 aromatic heterocycles. The Morgan fingerprint density at radius 1 is 1.62 bits per heavy atom. The number of hydrogen-bond donors (Lipinski definition) is 4. The number of amides is 1. The summed E-state index contributed by atoms with van der Waals surface area (Å²) in [6, 6.07) is -1.02. The van der Waals surface area contributed by atoms with Crippen molar-refractivity contribution in [2.75, 3.05) is 6.54 Å². The second-order valence-corrected chi connectivity index (χ2v) is 4.32. The Kier molecular flexibility index (Phi) is 7.51. The zero-order chi connectivity index (χ0) is 12.7. The zero-order valence-electron chi connectivity index (χ0n) is 9.86. The topological polar surface area (TPSA) is 87.4 Å². The summed E-state index contributed by atoms with van der Waals surface area (Å²) in [7, 11) is 2.40. The summed E-state index contributed by atoms with van der Waals surface area (Å²) in [5, 5.41) is 14.9. The molecule has 16 heavy (non-hydrogen) atoms. The van der Waals surface area contributed by atoms with E-state index in [4.69, 9.17) is 5.73 Å². The Morgan fingerprint density at radius 2 is 2.19 bits per heavy atom. The predicted octanol–water partition coefficient (Wildman–Crippen LogP) is -0.475. The van der Waals surface area contributed by atoms with Crippen molar-refractivity contribution in [2.24, 2.45) is 5.73 Å². The molecular weight excluding hydrogens is 225 g/mol. The van der Waals surface area contributed by atoms with Crippen LogP contribution >= 0.6 is 9.39 Å². The molecule has 0 aliphatic heterocycles. The van der Waals surface area contributed by atoms with Crippen molar-refractivity contribution in [3.8, 4) is 0 Å². The van der Waals surface area contributed by atoms with Crippen molar-refractivity contribution in [1.29, 1.82) is 0 Å². The lowest BCUT2D eigenvalue weighted by Gasteiger charge is -2.22. The Labute approximate surface area is 99.1 Å². The standard InChI is InChI=1S/C10H22N3O2P/c1-6(2)8(4-5-12-16)13-10(15)9(11)7(3)14/h7-9,12,14H,1,4-5,11,16H2,2-3H3,(H,13,15). The number of nitrogens with one attached hydrogen (secondary N) is 2. The molecule has 0 aliphatic rings. The largest absolute Gasteiger partial charge is 0.391 e. The first-order chi connectivity index (χ1) is 7.40. The molecular formula is C10H22N3O2P. The molecule has 0 aromatic carbocycles. The van der Waals surface area contributed by atoms with Crippen LogP contribution in [0.2, 0.25) is 0 Å². The fourth-order valence-electron chi connectivity index (χ4n) is 1.16. The molecule has 4 unspecified atom stereocenters. The fourth-order valence-corrected chi connectivity index (χ4v) is 1.32. The lowest BCUT2D eigenvalue weighted by atomic mass is 10.1. The van der Waals surface area contributed by atoms with Gasteiger partial charge in [-0.05, 0) is 20.3 Å². The second kappa shape index (κ2) is 7.74. The van der Waals surface area contributed by atoms with Gasteiger partial charge in [-0.15, -0.1) is 0 Å². The van der Waals surface area contributed by atoms with Crippen LogP contribution in [0.1, 0.15) is 20.3 Å². The van der Waals surface area contributed by atoms with E-state index in [1.807, 2.05) is 6.92 Å². The maximum atomic E-state index is 11.6. The SMILES string of the molecule is C=C(C)C(CCNP)NC(=O)C(N)C(C)O. The minimum atomic E-state index is -0.897. The van der Waals surface area contributed by atoms with Crippen LogP contribution < -0.4 is 16.1 Å². The molecule has 6 heteroatoms. The highest BCUT2D eigenvalue weighted by molar-refractivity contribution is 7.13. The number of carbonyl (C=O) groups is 1. The molecule has 0 heterocycles. The van der Waals surface area contributed by atoms with Gasteiger partial charge >= 0.3 is 0 Å². The van der Waals surface area contributed by atoms with Crippen molar-refractivity contribution in [2.45, 2.75) is 38.5 Å². The average molecular weight is 247 g/mol. The third-order valence-electron chi connectivity index (χ3n) is 2.31. The first kappa shape index (κ1) is 15.5. The fraction of sp³-hybridized carbons (Fsp3) is 0.700. The summed E-state index contributed by atoms with van der Waals surface area (Å²) in [6.07, 6.45) is -0.123. The molecule has 4 atom stereocenters. The molecule has 1 amide bonds. The van der Waals surface area contributed by atoms with Crippen LogP contribution in [-0.4, -0.2) is 35.7 Å². The predicted molar refractivity (Wildman–Crippen MR) is 68.7 cm³/mol. The van der Waals surface area contributed by atoms with Crippen LogP contribution in [0, 0.1) is 0 Å². The summed E-state index contributed by atoms with van der Waals surface area (Å²) in [5.41, 5.74) is 6.39. The molecule has 0 saturated heterocycles. The monoisotopic (exact) mass is 247 g/mol. The van der Waals surface area contributed by atoms with Gasteiger partial charge in [0, 0.05) is 6.54 Å². The van der Waals surface area contributed by atoms with Gasteiger partial charge in [0.15, 0.2) is 0 Å². The van der Waals surface area contributed by atoms with E-state index in [0.717, 1.165) is 18.5 Å². The number of nitrogens with two attached hydrogens (primary N) is 1. The number of aliphatic hydroxyl groups is 1. The summed E-state index contributed by atoms with van der Waals surface area (Å²) >= 11 is 0. The molecule has 0 bridgehead atoms. The third-order valence-corrected chi connectivity index (χ3v) is 2.60. The molecule has 0 aliphatic carbocycles. The highest BCUT2D eigenvalue weighted by atomic mass is 31.0. The van der Waals surface area contributed by atoms with E-state index in [-0.39, 0.29) is 11.9 Å². The Morgan fingerprint density at radius 3 is 2.56 bits per heavy atom. The van der Waals surface area contributed by atoms with E-state index in [0.29, 0.717) is 0 Å². The number of hydrogen-bond acceptors (Lipinski definition) is 4. The van der Waals surface area contributed by atoms with Gasteiger partial charge in [-0.1, -0.05) is 21.5 Å². The second-order valence-electron chi connectivity index (χ2n) is 3.92. The van der Waals surface area contributed by atoms with E-state index in [2.05, 4.69) is 26.4 Å². The highest BCUT2D eigenvalue weighted by Crippen LogP contribution is 2.04. The molecule has 0 radical (unpaired) electrons. The van der Waals surface area contributed by atoms with Crippen LogP contribution in [0.3, 0.4) is 0 Å². The summed E-state index contributed by atoms with van der Waals surface area (Å²) in [6.45, 7) is 7.89. The molecule has 0 saturated carbocycles. The maximum Gasteiger partial charge on any atom is 0.240 e. The van der Waals surface area contributed by atoms with Crippen LogP contribution in [0.4, 0.5) is 0 Å². The van der Waals surface area contributed by atoms with Gasteiger partial charge in [0.25, 0.3) is 0 Å². The molecule has 5 N–H and O–H groups in total. The first-order valence-corrected chi connectivity index (χ1v) is 5.80. The first-order valence-electron chi connectivity index (χ1n) is 5.23. The molecule has 0 fully saturated rings. The smallest absolute Gasteiger partial charge is 0.240 e. The maximum absolute atomic E-state index is 11.6. The van der Waals surface area contributed by atoms with Crippen LogP contribution in [-0.2, 0) is 4.79 Å². The molecule has 0 aromatic rings. The molecule has 0 spiro atoms. The van der Waals surface area contributed by atoms with Crippen molar-refractivity contribution in [3.63, 3.8) is 0 Å². The van der Waals surface area contributed by atoms with Crippen LogP contribution in [0.15, 0.2) is 12.2 Å². The average Bonchev–Trinajstić information content (AvgIpc) is 2.21. The zero-order valence-corrected chi connectivity index (χ0v) is 11.0. The van der Waals surface area contributed by atoms with Gasteiger partial charge in [-0.3, -0.25) is 4.79 Å². The van der Waals surface area contributed by atoms with Crippen molar-refractivity contribution >= 4 is 15.3 Å². The number of aliphatic hydroxyl groups excluding tert-OH is 1. The van der Waals surface area contributed by atoms with E-state index in [1.54, 1.807) is 0 Å². The van der Waals surface area contributed by atoms with Crippen molar-refractivity contribution in [3.05, 3.63) is 12.2 Å². The normalized spacial score (nSPS) is 16.3. The minimum Gasteiger partial charge on any atom is -0.391 e. The van der Waals surface area contributed by atoms with Gasteiger partial charge in [0.05, 0.1) is 12.1 Å². The van der Waals surface area contributed by atoms with E-state index >= 15 is 0 Å². The number of rotatable bonds is 7. The molecule has 5 nitrogen and oxygen atoms in total. The summed E-state index contributed by atoms with van der Waals surface area (Å²) < 4.78 is 0. The van der Waals surface area contributed by atoms with Gasteiger partial charge in [-0.2, -0.15) is 0 Å². The van der Waals surface area contributed by atoms with Gasteiger partial charge in [0.1, 0.15) is 6.04 Å². The van der Waals surface area contributed by atoms with E-state index < -0.39 is 12.1 Å². The van der Waals surface area contributed by atoms with E-state index in [1.165, 1.54) is 6.92 Å². The van der Waals surface area contributed by atoms with Gasteiger partial charge < -0.3 is 21.2 Å². The summed E-state index contributed by atoms with van der Waals surface area (Å²) in [5.74, 6) is -0.355. The lowest BCUT2D eigenvalue weighted by Crippen LogP contribution is -2.50. The van der Waals surface area contributed by atoms with Crippen molar-refractivity contribution in [1.82, 2.24) is 10.4 Å². The Hall–Kier alpha value is -0.480.